The summed E-state index contributed by atoms with van der Waals surface area (Å²) >= 11 is 0. The van der Waals surface area contributed by atoms with E-state index >= 15 is 0 Å². The number of benzene rings is 1. The second-order valence-corrected chi connectivity index (χ2v) is 4.15. The van der Waals surface area contributed by atoms with Crippen LogP contribution in [0.1, 0.15) is 18.4 Å². The van der Waals surface area contributed by atoms with Gasteiger partial charge in [-0.3, -0.25) is 0 Å². The summed E-state index contributed by atoms with van der Waals surface area (Å²) in [5.41, 5.74) is 7.76. The van der Waals surface area contributed by atoms with Crippen molar-refractivity contribution in [3.8, 4) is 5.75 Å². The number of phenolic OH excluding ortho intramolecular Hbond substituents is 1. The molecule has 0 unspecified atom stereocenters. The zero-order chi connectivity index (χ0) is 10.5. The summed E-state index contributed by atoms with van der Waals surface area (Å²) in [6, 6.07) is 3.77. The van der Waals surface area contributed by atoms with E-state index in [1.54, 1.807) is 0 Å². The van der Waals surface area contributed by atoms with Gasteiger partial charge >= 0.3 is 0 Å². The SMILES string of the molecule is NCC1(c2ccc3ncoc3c2O)CC1. The molecule has 1 aliphatic rings. The van der Waals surface area contributed by atoms with E-state index in [-0.39, 0.29) is 11.2 Å². The quantitative estimate of drug-likeness (QED) is 0.778. The van der Waals surface area contributed by atoms with Crippen molar-refractivity contribution in [2.24, 2.45) is 5.73 Å². The van der Waals surface area contributed by atoms with Gasteiger partial charge in [0.15, 0.2) is 17.7 Å². The third-order valence-corrected chi connectivity index (χ3v) is 3.29. The minimum Gasteiger partial charge on any atom is -0.504 e. The van der Waals surface area contributed by atoms with Crippen LogP contribution in [0.5, 0.6) is 5.75 Å². The van der Waals surface area contributed by atoms with Crippen LogP contribution in [-0.2, 0) is 5.41 Å². The third-order valence-electron chi connectivity index (χ3n) is 3.29. The van der Waals surface area contributed by atoms with E-state index in [0.29, 0.717) is 17.6 Å². The Balaban J connectivity index is 2.23. The van der Waals surface area contributed by atoms with Crippen LogP contribution in [0, 0.1) is 0 Å². The van der Waals surface area contributed by atoms with Crippen LogP contribution in [0.3, 0.4) is 0 Å². The van der Waals surface area contributed by atoms with Gasteiger partial charge in [-0.15, -0.1) is 0 Å². The predicted molar refractivity (Wildman–Crippen MR) is 55.6 cm³/mol. The molecule has 1 aromatic heterocycles. The average Bonchev–Trinajstić information content (AvgIpc) is 2.89. The summed E-state index contributed by atoms with van der Waals surface area (Å²) < 4.78 is 5.15. The van der Waals surface area contributed by atoms with Crippen molar-refractivity contribution in [3.05, 3.63) is 24.1 Å². The molecule has 0 saturated heterocycles. The van der Waals surface area contributed by atoms with Crippen LogP contribution in [-0.4, -0.2) is 16.6 Å². The van der Waals surface area contributed by atoms with Crippen molar-refractivity contribution in [2.45, 2.75) is 18.3 Å². The Bertz CT molecular complexity index is 514. The molecule has 0 radical (unpaired) electrons. The third kappa shape index (κ3) is 1.08. The molecule has 0 spiro atoms. The summed E-state index contributed by atoms with van der Waals surface area (Å²) in [5, 5.41) is 10.1. The topological polar surface area (TPSA) is 72.3 Å². The van der Waals surface area contributed by atoms with E-state index in [1.165, 1.54) is 6.39 Å². The number of hydrogen-bond acceptors (Lipinski definition) is 4. The van der Waals surface area contributed by atoms with E-state index in [4.69, 9.17) is 10.2 Å². The van der Waals surface area contributed by atoms with E-state index in [0.717, 1.165) is 18.4 Å². The van der Waals surface area contributed by atoms with E-state index in [9.17, 15) is 5.11 Å². The highest BCUT2D eigenvalue weighted by atomic mass is 16.4. The van der Waals surface area contributed by atoms with Crippen molar-refractivity contribution in [2.75, 3.05) is 6.54 Å². The highest BCUT2D eigenvalue weighted by Gasteiger charge is 2.45. The van der Waals surface area contributed by atoms with Crippen molar-refractivity contribution in [1.82, 2.24) is 4.98 Å². The number of oxazole rings is 1. The molecule has 0 bridgehead atoms. The van der Waals surface area contributed by atoms with Gasteiger partial charge in [-0.05, 0) is 18.9 Å². The molecule has 1 fully saturated rings. The van der Waals surface area contributed by atoms with Gasteiger partial charge in [-0.25, -0.2) is 4.98 Å². The summed E-state index contributed by atoms with van der Waals surface area (Å²) in [6.45, 7) is 0.570. The summed E-state index contributed by atoms with van der Waals surface area (Å²) in [6.07, 6.45) is 3.42. The number of aromatic nitrogens is 1. The second kappa shape index (κ2) is 2.73. The predicted octanol–water partition coefficient (Wildman–Crippen LogP) is 1.52. The van der Waals surface area contributed by atoms with Gasteiger partial charge < -0.3 is 15.3 Å². The largest absolute Gasteiger partial charge is 0.504 e. The van der Waals surface area contributed by atoms with Gasteiger partial charge in [0.1, 0.15) is 5.52 Å². The van der Waals surface area contributed by atoms with E-state index in [2.05, 4.69) is 4.98 Å². The smallest absolute Gasteiger partial charge is 0.196 e. The zero-order valence-corrected chi connectivity index (χ0v) is 8.23. The number of phenols is 1. The molecule has 3 N–H and O–H groups in total. The van der Waals surface area contributed by atoms with Crippen LogP contribution in [0.15, 0.2) is 22.9 Å². The lowest BCUT2D eigenvalue weighted by atomic mass is 9.95. The standard InChI is InChI=1S/C11H12N2O2/c12-5-11(3-4-11)7-1-2-8-10(9(7)14)15-6-13-8/h1-2,6,14H,3-5,12H2. The van der Waals surface area contributed by atoms with Crippen LogP contribution in [0.25, 0.3) is 11.1 Å². The lowest BCUT2D eigenvalue weighted by Gasteiger charge is -2.13. The van der Waals surface area contributed by atoms with Crippen LogP contribution in [0.2, 0.25) is 0 Å². The summed E-state index contributed by atoms with van der Waals surface area (Å²) in [5.74, 6) is 0.202. The summed E-state index contributed by atoms with van der Waals surface area (Å²) in [4.78, 5) is 3.99. The molecule has 1 heterocycles. The molecule has 0 amide bonds. The number of hydrogen-bond donors (Lipinski definition) is 2. The molecule has 1 aliphatic carbocycles. The highest BCUT2D eigenvalue weighted by molar-refractivity contribution is 5.81. The molecule has 15 heavy (non-hydrogen) atoms. The molecular formula is C11H12N2O2. The van der Waals surface area contributed by atoms with Gasteiger partial charge in [0, 0.05) is 17.5 Å². The van der Waals surface area contributed by atoms with Crippen LogP contribution in [0.4, 0.5) is 0 Å². The molecule has 4 nitrogen and oxygen atoms in total. The maximum atomic E-state index is 10.1. The molecule has 3 rings (SSSR count). The monoisotopic (exact) mass is 204 g/mol. The molecule has 2 aromatic rings. The Kier molecular flexibility index (Phi) is 1.59. The summed E-state index contributed by atoms with van der Waals surface area (Å²) in [7, 11) is 0. The van der Waals surface area contributed by atoms with Gasteiger partial charge in [0.25, 0.3) is 0 Å². The number of nitrogens with zero attached hydrogens (tertiary/aromatic N) is 1. The highest BCUT2D eigenvalue weighted by Crippen LogP contribution is 2.51. The van der Waals surface area contributed by atoms with Crippen molar-refractivity contribution in [1.29, 1.82) is 0 Å². The average molecular weight is 204 g/mol. The normalized spacial score (nSPS) is 18.2. The molecule has 1 aromatic carbocycles. The Morgan fingerprint density at radius 3 is 2.93 bits per heavy atom. The Morgan fingerprint density at radius 2 is 2.27 bits per heavy atom. The molecule has 1 saturated carbocycles. The number of fused-ring (bicyclic) bond motifs is 1. The first-order chi connectivity index (χ1) is 7.27. The van der Waals surface area contributed by atoms with E-state index < -0.39 is 0 Å². The maximum Gasteiger partial charge on any atom is 0.196 e. The minimum atomic E-state index is -0.0228. The molecule has 4 heteroatoms. The lowest BCUT2D eigenvalue weighted by molar-refractivity contribution is 0.450. The van der Waals surface area contributed by atoms with Gasteiger partial charge in [0.05, 0.1) is 0 Å². The molecule has 78 valence electrons. The minimum absolute atomic E-state index is 0.0228. The second-order valence-electron chi connectivity index (χ2n) is 4.15. The van der Waals surface area contributed by atoms with Crippen molar-refractivity contribution in [3.63, 3.8) is 0 Å². The van der Waals surface area contributed by atoms with Crippen LogP contribution >= 0.6 is 0 Å². The Morgan fingerprint density at radius 1 is 1.47 bits per heavy atom. The molecule has 0 atom stereocenters. The number of nitrogens with two attached hydrogens (primary N) is 1. The zero-order valence-electron chi connectivity index (χ0n) is 8.23. The fourth-order valence-corrected chi connectivity index (χ4v) is 2.08. The van der Waals surface area contributed by atoms with Gasteiger partial charge in [-0.2, -0.15) is 0 Å². The lowest BCUT2D eigenvalue weighted by Crippen LogP contribution is -2.19. The van der Waals surface area contributed by atoms with Crippen LogP contribution < -0.4 is 5.73 Å². The first kappa shape index (κ1) is 8.73. The fourth-order valence-electron chi connectivity index (χ4n) is 2.08. The number of aromatic hydroxyl groups is 1. The Hall–Kier alpha value is -1.55. The maximum absolute atomic E-state index is 10.1. The molecular weight excluding hydrogens is 192 g/mol. The van der Waals surface area contributed by atoms with Gasteiger partial charge in [-0.1, -0.05) is 6.07 Å². The molecule has 0 aliphatic heterocycles. The Labute approximate surface area is 86.7 Å². The van der Waals surface area contributed by atoms with Gasteiger partial charge in [0.2, 0.25) is 0 Å². The first-order valence-electron chi connectivity index (χ1n) is 5.02. The van der Waals surface area contributed by atoms with Crippen molar-refractivity contribution >= 4 is 11.1 Å². The van der Waals surface area contributed by atoms with E-state index in [1.807, 2.05) is 12.1 Å². The fraction of sp³-hybridized carbons (Fsp3) is 0.364. The number of rotatable bonds is 2. The van der Waals surface area contributed by atoms with Crippen molar-refractivity contribution < 1.29 is 9.52 Å². The first-order valence-corrected chi connectivity index (χ1v) is 5.02.